The van der Waals surface area contributed by atoms with E-state index < -0.39 is 36.5 Å². The van der Waals surface area contributed by atoms with Gasteiger partial charge in [-0.05, 0) is 52.4 Å². The standard InChI is InChI=1S/C21H38BN3O6/c1-12(2)15(23-19(28)29)18(27)25-11-9-10-14(25)17(26)24-16(13(3)4)22-30-20(5,6)21(7,8)31-22/h12-16,23H,9-11H2,1-8H3,(H,24,26)(H,28,29)/t14-,15?,16?/m0/s1. The van der Waals surface area contributed by atoms with E-state index >= 15 is 0 Å². The molecule has 0 bridgehead atoms. The molecule has 3 atom stereocenters. The zero-order valence-electron chi connectivity index (χ0n) is 20.0. The van der Waals surface area contributed by atoms with Crippen molar-refractivity contribution in [3.63, 3.8) is 0 Å². The third kappa shape index (κ3) is 5.52. The highest BCUT2D eigenvalue weighted by Crippen LogP contribution is 2.38. The quantitative estimate of drug-likeness (QED) is 0.523. The smallest absolute Gasteiger partial charge is 0.465 e. The Hall–Kier alpha value is -1.81. The Morgan fingerprint density at radius 1 is 1.00 bits per heavy atom. The van der Waals surface area contributed by atoms with Crippen molar-refractivity contribution < 1.29 is 28.8 Å². The SMILES string of the molecule is CC(C)C(NC(=O)[C@@H]1CCCN1C(=O)C(NC(=O)O)C(C)C)B1OC(C)(C)C(C)(C)O1. The van der Waals surface area contributed by atoms with Gasteiger partial charge in [-0.15, -0.1) is 0 Å². The molecule has 2 unspecified atom stereocenters. The molecule has 0 aromatic carbocycles. The number of likely N-dealkylation sites (tertiary alicyclic amines) is 1. The van der Waals surface area contributed by atoms with E-state index in [0.717, 1.165) is 0 Å². The monoisotopic (exact) mass is 439 g/mol. The molecule has 2 saturated heterocycles. The van der Waals surface area contributed by atoms with E-state index in [-0.39, 0.29) is 29.6 Å². The summed E-state index contributed by atoms with van der Waals surface area (Å²) in [7, 11) is -0.600. The Balaban J connectivity index is 2.15. The fourth-order valence-electron chi connectivity index (χ4n) is 3.97. The lowest BCUT2D eigenvalue weighted by molar-refractivity contribution is -0.140. The minimum atomic E-state index is -1.26. The second-order valence-corrected chi connectivity index (χ2v) is 10.3. The Morgan fingerprint density at radius 2 is 1.55 bits per heavy atom. The number of nitrogens with zero attached hydrogens (tertiary/aromatic N) is 1. The van der Waals surface area contributed by atoms with E-state index in [1.165, 1.54) is 4.90 Å². The summed E-state index contributed by atoms with van der Waals surface area (Å²) in [5.74, 6) is -1.21. The molecule has 9 nitrogen and oxygen atoms in total. The van der Waals surface area contributed by atoms with Gasteiger partial charge >= 0.3 is 13.2 Å². The van der Waals surface area contributed by atoms with Crippen molar-refractivity contribution >= 4 is 25.0 Å². The van der Waals surface area contributed by atoms with E-state index in [9.17, 15) is 14.4 Å². The van der Waals surface area contributed by atoms with Crippen molar-refractivity contribution in [1.82, 2.24) is 15.5 Å². The molecule has 2 heterocycles. The molecule has 0 radical (unpaired) electrons. The van der Waals surface area contributed by atoms with Crippen LogP contribution in [0.25, 0.3) is 0 Å². The first-order chi connectivity index (χ1) is 14.2. The molecule has 0 aromatic heterocycles. The summed E-state index contributed by atoms with van der Waals surface area (Å²) in [5, 5.41) is 14.4. The van der Waals surface area contributed by atoms with Crippen LogP contribution in [-0.4, -0.2) is 70.8 Å². The van der Waals surface area contributed by atoms with Gasteiger partial charge in [0.2, 0.25) is 11.8 Å². The number of hydrogen-bond donors (Lipinski definition) is 3. The van der Waals surface area contributed by atoms with Gasteiger partial charge in [0.1, 0.15) is 12.1 Å². The van der Waals surface area contributed by atoms with Crippen molar-refractivity contribution in [2.75, 3.05) is 6.54 Å². The Labute approximate surface area is 185 Å². The molecule has 176 valence electrons. The number of carboxylic acid groups (broad SMARTS) is 1. The van der Waals surface area contributed by atoms with Crippen molar-refractivity contribution in [3.05, 3.63) is 0 Å². The van der Waals surface area contributed by atoms with Gasteiger partial charge < -0.3 is 29.9 Å². The topological polar surface area (TPSA) is 117 Å². The normalized spacial score (nSPS) is 24.4. The Kier molecular flexibility index (Phi) is 7.69. The molecule has 0 aliphatic carbocycles. The van der Waals surface area contributed by atoms with Gasteiger partial charge in [-0.2, -0.15) is 0 Å². The molecule has 0 spiro atoms. The predicted octanol–water partition coefficient (Wildman–Crippen LogP) is 2.04. The average Bonchev–Trinajstić information content (AvgIpc) is 3.18. The largest absolute Gasteiger partial charge is 0.482 e. The maximum absolute atomic E-state index is 13.2. The molecular weight excluding hydrogens is 401 g/mol. The molecule has 0 aromatic rings. The van der Waals surface area contributed by atoms with Gasteiger partial charge in [0.05, 0.1) is 17.1 Å². The zero-order chi connectivity index (χ0) is 23.7. The summed E-state index contributed by atoms with van der Waals surface area (Å²) in [4.78, 5) is 38.9. The highest BCUT2D eigenvalue weighted by molar-refractivity contribution is 6.48. The van der Waals surface area contributed by atoms with Gasteiger partial charge in [-0.25, -0.2) is 4.79 Å². The highest BCUT2D eigenvalue weighted by Gasteiger charge is 2.55. The Bertz CT molecular complexity index is 681. The second kappa shape index (κ2) is 9.36. The molecule has 31 heavy (non-hydrogen) atoms. The summed E-state index contributed by atoms with van der Waals surface area (Å²) in [6.45, 7) is 15.8. The van der Waals surface area contributed by atoms with Crippen LogP contribution < -0.4 is 10.6 Å². The fraction of sp³-hybridized carbons (Fsp3) is 0.857. The average molecular weight is 439 g/mol. The van der Waals surface area contributed by atoms with Crippen LogP contribution in [0, 0.1) is 11.8 Å². The van der Waals surface area contributed by atoms with Gasteiger partial charge in [0.15, 0.2) is 0 Å². The van der Waals surface area contributed by atoms with E-state index in [2.05, 4.69) is 10.6 Å². The number of hydrogen-bond acceptors (Lipinski definition) is 5. The number of carbonyl (C=O) groups excluding carboxylic acids is 2. The van der Waals surface area contributed by atoms with E-state index in [1.807, 2.05) is 41.5 Å². The summed E-state index contributed by atoms with van der Waals surface area (Å²) in [6.07, 6.45) is -0.0401. The molecule has 2 aliphatic rings. The van der Waals surface area contributed by atoms with Crippen LogP contribution in [-0.2, 0) is 18.9 Å². The number of nitrogens with one attached hydrogen (secondary N) is 2. The first-order valence-corrected chi connectivity index (χ1v) is 11.1. The second-order valence-electron chi connectivity index (χ2n) is 10.3. The summed E-state index contributed by atoms with van der Waals surface area (Å²) in [6, 6.07) is -1.54. The highest BCUT2D eigenvalue weighted by atomic mass is 16.7. The molecule has 2 rings (SSSR count). The van der Waals surface area contributed by atoms with E-state index in [1.54, 1.807) is 13.8 Å². The summed E-state index contributed by atoms with van der Waals surface area (Å²) >= 11 is 0. The zero-order valence-corrected chi connectivity index (χ0v) is 20.0. The first kappa shape index (κ1) is 25.5. The van der Waals surface area contributed by atoms with Gasteiger partial charge in [-0.3, -0.25) is 9.59 Å². The summed E-state index contributed by atoms with van der Waals surface area (Å²) in [5.41, 5.74) is -1.03. The maximum Gasteiger partial charge on any atom is 0.482 e. The molecular formula is C21H38BN3O6. The third-order valence-electron chi connectivity index (χ3n) is 6.64. The molecule has 0 saturated carbocycles. The molecule has 3 amide bonds. The van der Waals surface area contributed by atoms with Crippen LogP contribution >= 0.6 is 0 Å². The number of amides is 3. The molecule has 2 aliphatic heterocycles. The van der Waals surface area contributed by atoms with E-state index in [4.69, 9.17) is 14.4 Å². The van der Waals surface area contributed by atoms with Crippen LogP contribution in [0.4, 0.5) is 4.79 Å². The Morgan fingerprint density at radius 3 is 2.00 bits per heavy atom. The lowest BCUT2D eigenvalue weighted by Crippen LogP contribution is -2.58. The maximum atomic E-state index is 13.2. The third-order valence-corrected chi connectivity index (χ3v) is 6.64. The minimum Gasteiger partial charge on any atom is -0.465 e. The van der Waals surface area contributed by atoms with Gasteiger partial charge in [0.25, 0.3) is 0 Å². The lowest BCUT2D eigenvalue weighted by atomic mass is 9.72. The van der Waals surface area contributed by atoms with Crippen LogP contribution in [0.1, 0.15) is 68.2 Å². The number of rotatable bonds is 7. The minimum absolute atomic E-state index is 0.0429. The molecule has 3 N–H and O–H groups in total. The van der Waals surface area contributed by atoms with Gasteiger partial charge in [0, 0.05) is 6.54 Å². The van der Waals surface area contributed by atoms with Crippen LogP contribution in [0.3, 0.4) is 0 Å². The lowest BCUT2D eigenvalue weighted by Gasteiger charge is -2.32. The van der Waals surface area contributed by atoms with Crippen molar-refractivity contribution in [3.8, 4) is 0 Å². The van der Waals surface area contributed by atoms with Crippen LogP contribution in [0.2, 0.25) is 0 Å². The summed E-state index contributed by atoms with van der Waals surface area (Å²) < 4.78 is 12.3. The van der Waals surface area contributed by atoms with Crippen LogP contribution in [0.5, 0.6) is 0 Å². The van der Waals surface area contributed by atoms with Gasteiger partial charge in [-0.1, -0.05) is 27.7 Å². The first-order valence-electron chi connectivity index (χ1n) is 11.1. The van der Waals surface area contributed by atoms with Crippen molar-refractivity contribution in [1.29, 1.82) is 0 Å². The number of carbonyl (C=O) groups is 3. The predicted molar refractivity (Wildman–Crippen MR) is 117 cm³/mol. The molecule has 10 heteroatoms. The van der Waals surface area contributed by atoms with Crippen molar-refractivity contribution in [2.45, 2.75) is 97.5 Å². The molecule has 2 fully saturated rings. The van der Waals surface area contributed by atoms with E-state index in [0.29, 0.717) is 19.4 Å². The van der Waals surface area contributed by atoms with Crippen molar-refractivity contribution in [2.24, 2.45) is 11.8 Å². The van der Waals surface area contributed by atoms with Crippen LogP contribution in [0.15, 0.2) is 0 Å². The fourth-order valence-corrected chi connectivity index (χ4v) is 3.97.